The second-order valence-corrected chi connectivity index (χ2v) is 9.46. The monoisotopic (exact) mass is 466 g/mol. The van der Waals surface area contributed by atoms with E-state index in [-0.39, 0.29) is 24.5 Å². The Morgan fingerprint density at radius 1 is 1.10 bits per heavy atom. The molecule has 1 N–H and O–H groups in total. The van der Waals surface area contributed by atoms with Crippen LogP contribution in [0.2, 0.25) is 10.0 Å². The average Bonchev–Trinajstić information content (AvgIpc) is 3.22. The zero-order valence-corrected chi connectivity index (χ0v) is 18.5. The topological polar surface area (TPSA) is 79.6 Å². The van der Waals surface area contributed by atoms with Gasteiger partial charge in [-0.25, -0.2) is 8.42 Å². The molecule has 1 amide bonds. The Hall–Kier alpha value is -2.32. The number of benzene rings is 2. The molecule has 3 aromatic rings. The molecule has 0 saturated carbocycles. The molecule has 0 aliphatic heterocycles. The SMILES string of the molecule is Cc1ccc(S(=O)(=O)N(CC(=O)NCc2ccco2)Cc2ccc(Cl)cc2Cl)cc1. The predicted octanol–water partition coefficient (Wildman–Crippen LogP) is 4.40. The van der Waals surface area contributed by atoms with Gasteiger partial charge in [0.05, 0.1) is 24.2 Å². The van der Waals surface area contributed by atoms with Gasteiger partial charge in [-0.05, 0) is 48.9 Å². The van der Waals surface area contributed by atoms with Crippen molar-refractivity contribution in [3.8, 4) is 0 Å². The number of sulfonamides is 1. The highest BCUT2D eigenvalue weighted by Gasteiger charge is 2.27. The van der Waals surface area contributed by atoms with Crippen molar-refractivity contribution in [2.45, 2.75) is 24.9 Å². The molecule has 0 unspecified atom stereocenters. The zero-order chi connectivity index (χ0) is 21.7. The maximum Gasteiger partial charge on any atom is 0.243 e. The van der Waals surface area contributed by atoms with E-state index in [9.17, 15) is 13.2 Å². The van der Waals surface area contributed by atoms with Gasteiger partial charge in [0.1, 0.15) is 5.76 Å². The van der Waals surface area contributed by atoms with E-state index in [0.29, 0.717) is 21.4 Å². The highest BCUT2D eigenvalue weighted by Crippen LogP contribution is 2.25. The fourth-order valence-electron chi connectivity index (χ4n) is 2.74. The maximum atomic E-state index is 13.3. The molecule has 0 fully saturated rings. The number of rotatable bonds is 8. The van der Waals surface area contributed by atoms with E-state index in [1.165, 1.54) is 24.5 Å². The molecule has 2 aromatic carbocycles. The lowest BCUT2D eigenvalue weighted by Crippen LogP contribution is -2.40. The molecule has 0 radical (unpaired) electrons. The van der Waals surface area contributed by atoms with Gasteiger partial charge in [0.25, 0.3) is 0 Å². The first-order valence-electron chi connectivity index (χ1n) is 9.05. The van der Waals surface area contributed by atoms with Crippen LogP contribution in [0.1, 0.15) is 16.9 Å². The molecule has 0 saturated heterocycles. The fourth-order valence-corrected chi connectivity index (χ4v) is 4.58. The summed E-state index contributed by atoms with van der Waals surface area (Å²) in [4.78, 5) is 12.6. The lowest BCUT2D eigenvalue weighted by atomic mass is 10.2. The molecule has 0 aliphatic rings. The van der Waals surface area contributed by atoms with Crippen LogP contribution >= 0.6 is 23.2 Å². The van der Waals surface area contributed by atoms with Gasteiger partial charge < -0.3 is 9.73 Å². The molecule has 30 heavy (non-hydrogen) atoms. The zero-order valence-electron chi connectivity index (χ0n) is 16.1. The Morgan fingerprint density at radius 3 is 2.47 bits per heavy atom. The third-order valence-electron chi connectivity index (χ3n) is 4.38. The number of nitrogens with zero attached hydrogens (tertiary/aromatic N) is 1. The van der Waals surface area contributed by atoms with Crippen molar-refractivity contribution < 1.29 is 17.6 Å². The summed E-state index contributed by atoms with van der Waals surface area (Å²) in [7, 11) is -3.95. The molecule has 158 valence electrons. The van der Waals surface area contributed by atoms with E-state index in [1.807, 2.05) is 6.92 Å². The Bertz CT molecular complexity index is 1110. The second-order valence-electron chi connectivity index (χ2n) is 6.68. The van der Waals surface area contributed by atoms with Crippen LogP contribution in [0.25, 0.3) is 0 Å². The first kappa shape index (κ1) is 22.4. The van der Waals surface area contributed by atoms with Gasteiger partial charge in [-0.1, -0.05) is 47.0 Å². The molecular weight excluding hydrogens is 447 g/mol. The van der Waals surface area contributed by atoms with Crippen LogP contribution in [-0.4, -0.2) is 25.2 Å². The number of hydrogen-bond donors (Lipinski definition) is 1. The van der Waals surface area contributed by atoms with E-state index < -0.39 is 15.9 Å². The third kappa shape index (κ3) is 5.64. The summed E-state index contributed by atoms with van der Waals surface area (Å²) in [6.45, 7) is 1.56. The van der Waals surface area contributed by atoms with Crippen molar-refractivity contribution in [2.24, 2.45) is 0 Å². The highest BCUT2D eigenvalue weighted by atomic mass is 35.5. The maximum absolute atomic E-state index is 13.3. The van der Waals surface area contributed by atoms with Crippen LogP contribution in [0.3, 0.4) is 0 Å². The first-order valence-corrected chi connectivity index (χ1v) is 11.2. The molecule has 6 nitrogen and oxygen atoms in total. The normalized spacial score (nSPS) is 11.6. The summed E-state index contributed by atoms with van der Waals surface area (Å²) in [6, 6.07) is 14.7. The molecule has 0 spiro atoms. The van der Waals surface area contributed by atoms with Crippen molar-refractivity contribution >= 4 is 39.1 Å². The second kappa shape index (κ2) is 9.66. The van der Waals surface area contributed by atoms with Crippen LogP contribution in [0.4, 0.5) is 0 Å². The summed E-state index contributed by atoms with van der Waals surface area (Å²) >= 11 is 12.2. The van der Waals surface area contributed by atoms with Crippen molar-refractivity contribution in [2.75, 3.05) is 6.54 Å². The van der Waals surface area contributed by atoms with E-state index in [1.54, 1.807) is 36.4 Å². The summed E-state index contributed by atoms with van der Waals surface area (Å²) < 4.78 is 32.8. The Morgan fingerprint density at radius 2 is 1.83 bits per heavy atom. The number of hydrogen-bond acceptors (Lipinski definition) is 4. The van der Waals surface area contributed by atoms with E-state index >= 15 is 0 Å². The van der Waals surface area contributed by atoms with Gasteiger partial charge in [-0.2, -0.15) is 4.31 Å². The number of carbonyl (C=O) groups is 1. The third-order valence-corrected chi connectivity index (χ3v) is 6.77. The van der Waals surface area contributed by atoms with Crippen molar-refractivity contribution in [3.63, 3.8) is 0 Å². The van der Waals surface area contributed by atoms with Crippen LogP contribution in [0.15, 0.2) is 70.2 Å². The van der Waals surface area contributed by atoms with E-state index in [4.69, 9.17) is 27.6 Å². The van der Waals surface area contributed by atoms with Gasteiger partial charge in [-0.3, -0.25) is 4.79 Å². The van der Waals surface area contributed by atoms with Crippen molar-refractivity contribution in [1.29, 1.82) is 0 Å². The smallest absolute Gasteiger partial charge is 0.243 e. The number of carbonyl (C=O) groups excluding carboxylic acids is 1. The lowest BCUT2D eigenvalue weighted by molar-refractivity contribution is -0.121. The summed E-state index contributed by atoms with van der Waals surface area (Å²) in [5.41, 5.74) is 1.47. The van der Waals surface area contributed by atoms with Crippen LogP contribution in [0.5, 0.6) is 0 Å². The number of furan rings is 1. The minimum atomic E-state index is -3.95. The molecule has 0 atom stereocenters. The molecular formula is C21H20Cl2N2O4S. The van der Waals surface area contributed by atoms with E-state index in [2.05, 4.69) is 5.32 Å². The Kier molecular flexibility index (Phi) is 7.20. The predicted molar refractivity (Wildman–Crippen MR) is 116 cm³/mol. The van der Waals surface area contributed by atoms with Crippen molar-refractivity contribution in [1.82, 2.24) is 9.62 Å². The first-order chi connectivity index (χ1) is 14.3. The number of nitrogens with one attached hydrogen (secondary N) is 1. The summed E-state index contributed by atoms with van der Waals surface area (Å²) in [5.74, 6) is 0.101. The molecule has 0 aliphatic carbocycles. The summed E-state index contributed by atoms with van der Waals surface area (Å²) in [6.07, 6.45) is 1.50. The van der Waals surface area contributed by atoms with Crippen LogP contribution in [0, 0.1) is 6.92 Å². The van der Waals surface area contributed by atoms with Gasteiger partial charge in [-0.15, -0.1) is 0 Å². The van der Waals surface area contributed by atoms with Gasteiger partial charge in [0.15, 0.2) is 0 Å². The molecule has 1 heterocycles. The lowest BCUT2D eigenvalue weighted by Gasteiger charge is -2.22. The number of aryl methyl sites for hydroxylation is 1. The summed E-state index contributed by atoms with van der Waals surface area (Å²) in [5, 5.41) is 3.42. The standard InChI is InChI=1S/C21H20Cl2N2O4S/c1-15-4-8-19(9-5-15)30(27,28)25(13-16-6-7-17(22)11-20(16)23)14-21(26)24-12-18-3-2-10-29-18/h2-11H,12-14H2,1H3,(H,24,26). The minimum absolute atomic E-state index is 0.0830. The van der Waals surface area contributed by atoms with Gasteiger partial charge >= 0.3 is 0 Å². The molecule has 1 aromatic heterocycles. The Labute approximate surface area is 185 Å². The fraction of sp³-hybridized carbons (Fsp3) is 0.190. The van der Waals surface area contributed by atoms with Gasteiger partial charge in [0.2, 0.25) is 15.9 Å². The van der Waals surface area contributed by atoms with Gasteiger partial charge in [0, 0.05) is 16.6 Å². The van der Waals surface area contributed by atoms with Crippen LogP contribution < -0.4 is 5.32 Å². The van der Waals surface area contributed by atoms with E-state index in [0.717, 1.165) is 9.87 Å². The van der Waals surface area contributed by atoms with Crippen LogP contribution in [-0.2, 0) is 27.9 Å². The average molecular weight is 467 g/mol. The quantitative estimate of drug-likeness (QED) is 0.533. The van der Waals surface area contributed by atoms with Crippen molar-refractivity contribution in [3.05, 3.63) is 87.8 Å². The number of halogens is 2. The molecule has 0 bridgehead atoms. The largest absolute Gasteiger partial charge is 0.467 e. The molecule has 9 heteroatoms. The molecule has 3 rings (SSSR count). The number of amides is 1. The minimum Gasteiger partial charge on any atom is -0.467 e. The highest BCUT2D eigenvalue weighted by molar-refractivity contribution is 7.89. The Balaban J connectivity index is 1.85.